The van der Waals surface area contributed by atoms with Crippen LogP contribution in [0.2, 0.25) is 0 Å². The van der Waals surface area contributed by atoms with Crippen molar-refractivity contribution in [3.63, 3.8) is 0 Å². The van der Waals surface area contributed by atoms with Crippen LogP contribution in [-0.2, 0) is 11.2 Å². The highest BCUT2D eigenvalue weighted by molar-refractivity contribution is 5.41. The molecule has 0 radical (unpaired) electrons. The second-order valence-corrected chi connectivity index (χ2v) is 4.77. The Hall–Kier alpha value is -1.37. The smallest absolute Gasteiger partial charge is 0.0991 e. The van der Waals surface area contributed by atoms with Crippen molar-refractivity contribution in [2.24, 2.45) is 0 Å². The van der Waals surface area contributed by atoms with Gasteiger partial charge in [-0.1, -0.05) is 6.07 Å². The largest absolute Gasteiger partial charge is 0.372 e. The summed E-state index contributed by atoms with van der Waals surface area (Å²) in [6, 6.07) is 8.62. The molecule has 0 amide bonds. The summed E-state index contributed by atoms with van der Waals surface area (Å²) in [5.41, 5.74) is 3.29. The second-order valence-electron chi connectivity index (χ2n) is 4.77. The van der Waals surface area contributed by atoms with Crippen LogP contribution in [0, 0.1) is 11.3 Å². The van der Waals surface area contributed by atoms with Crippen molar-refractivity contribution in [3.8, 4) is 6.07 Å². The molecule has 2 aliphatic rings. The first-order valence-electron chi connectivity index (χ1n) is 6.26. The highest BCUT2D eigenvalue weighted by Crippen LogP contribution is 2.33. The maximum Gasteiger partial charge on any atom is 0.0991 e. The fraction of sp³-hybridized carbons (Fsp3) is 0.500. The molecule has 2 aliphatic heterocycles. The molecule has 1 N–H and O–H groups in total. The molecule has 1 fully saturated rings. The van der Waals surface area contributed by atoms with E-state index >= 15 is 0 Å². The number of ether oxygens (including phenoxy) is 1. The molecule has 0 aromatic heterocycles. The predicted octanol–water partition coefficient (Wildman–Crippen LogP) is 1.92. The maximum atomic E-state index is 8.98. The monoisotopic (exact) mass is 228 g/mol. The van der Waals surface area contributed by atoms with E-state index in [1.165, 1.54) is 24.0 Å². The second kappa shape index (κ2) is 4.48. The highest BCUT2D eigenvalue weighted by atomic mass is 16.5. The summed E-state index contributed by atoms with van der Waals surface area (Å²) in [6.07, 6.45) is 3.48. The van der Waals surface area contributed by atoms with E-state index in [0.29, 0.717) is 6.04 Å². The van der Waals surface area contributed by atoms with Gasteiger partial charge < -0.3 is 10.1 Å². The predicted molar refractivity (Wildman–Crippen MR) is 64.6 cm³/mol. The van der Waals surface area contributed by atoms with Gasteiger partial charge in [-0.15, -0.1) is 0 Å². The number of nitriles is 1. The number of hydrogen-bond acceptors (Lipinski definition) is 3. The number of benzene rings is 1. The van der Waals surface area contributed by atoms with E-state index in [1.54, 1.807) is 0 Å². The van der Waals surface area contributed by atoms with Crippen molar-refractivity contribution < 1.29 is 4.74 Å². The zero-order chi connectivity index (χ0) is 11.7. The molecule has 3 heteroatoms. The van der Waals surface area contributed by atoms with E-state index in [-0.39, 0.29) is 6.10 Å². The SMILES string of the molecule is N#Cc1ccc2c(c1)[C@H](C1CCCN1)OCC2. The summed E-state index contributed by atoms with van der Waals surface area (Å²) >= 11 is 0. The average Bonchev–Trinajstić information content (AvgIpc) is 2.91. The Morgan fingerprint density at radius 1 is 1.41 bits per heavy atom. The molecule has 1 aromatic carbocycles. The van der Waals surface area contributed by atoms with Crippen LogP contribution in [0.3, 0.4) is 0 Å². The molecule has 2 atom stereocenters. The molecule has 0 aliphatic carbocycles. The van der Waals surface area contributed by atoms with Gasteiger partial charge in [0.1, 0.15) is 0 Å². The van der Waals surface area contributed by atoms with Gasteiger partial charge in [0.25, 0.3) is 0 Å². The Morgan fingerprint density at radius 2 is 2.35 bits per heavy atom. The lowest BCUT2D eigenvalue weighted by atomic mass is 9.91. The minimum Gasteiger partial charge on any atom is -0.372 e. The molecule has 88 valence electrons. The quantitative estimate of drug-likeness (QED) is 0.798. The number of hydrogen-bond donors (Lipinski definition) is 1. The minimum atomic E-state index is 0.134. The standard InChI is InChI=1S/C14H16N2O/c15-9-10-3-4-11-5-7-17-14(12(11)8-10)13-2-1-6-16-13/h3-4,8,13-14,16H,1-2,5-7H2/t13?,14-/m1/s1. The van der Waals surface area contributed by atoms with Crippen LogP contribution in [-0.4, -0.2) is 19.2 Å². The summed E-state index contributed by atoms with van der Waals surface area (Å²) in [4.78, 5) is 0. The van der Waals surface area contributed by atoms with Crippen LogP contribution < -0.4 is 5.32 Å². The Balaban J connectivity index is 1.97. The summed E-state index contributed by atoms with van der Waals surface area (Å²) < 4.78 is 5.92. The van der Waals surface area contributed by atoms with Crippen molar-refractivity contribution in [3.05, 3.63) is 34.9 Å². The van der Waals surface area contributed by atoms with Crippen molar-refractivity contribution in [1.82, 2.24) is 5.32 Å². The van der Waals surface area contributed by atoms with E-state index < -0.39 is 0 Å². The Bertz CT molecular complexity index is 458. The minimum absolute atomic E-state index is 0.134. The molecular weight excluding hydrogens is 212 g/mol. The van der Waals surface area contributed by atoms with Crippen molar-refractivity contribution >= 4 is 0 Å². The molecular formula is C14H16N2O. The Morgan fingerprint density at radius 3 is 3.12 bits per heavy atom. The molecule has 3 rings (SSSR count). The normalized spacial score (nSPS) is 27.5. The molecule has 1 saturated heterocycles. The van der Waals surface area contributed by atoms with Gasteiger partial charge in [-0.05, 0) is 49.1 Å². The van der Waals surface area contributed by atoms with Crippen molar-refractivity contribution in [2.75, 3.05) is 13.2 Å². The van der Waals surface area contributed by atoms with Gasteiger partial charge in [-0.3, -0.25) is 0 Å². The highest BCUT2D eigenvalue weighted by Gasteiger charge is 2.30. The molecule has 0 saturated carbocycles. The summed E-state index contributed by atoms with van der Waals surface area (Å²) in [5.74, 6) is 0. The number of nitrogens with zero attached hydrogens (tertiary/aromatic N) is 1. The van der Waals surface area contributed by atoms with Gasteiger partial charge in [-0.2, -0.15) is 5.26 Å². The summed E-state index contributed by atoms with van der Waals surface area (Å²) in [5, 5.41) is 12.5. The van der Waals surface area contributed by atoms with Crippen LogP contribution in [0.15, 0.2) is 18.2 Å². The van der Waals surface area contributed by atoms with Gasteiger partial charge in [0.2, 0.25) is 0 Å². The lowest BCUT2D eigenvalue weighted by Crippen LogP contribution is -2.33. The Labute approximate surface area is 101 Å². The van der Waals surface area contributed by atoms with Gasteiger partial charge in [0, 0.05) is 6.04 Å². The molecule has 1 unspecified atom stereocenters. The number of nitrogens with one attached hydrogen (secondary N) is 1. The summed E-state index contributed by atoms with van der Waals surface area (Å²) in [6.45, 7) is 1.87. The molecule has 0 bridgehead atoms. The lowest BCUT2D eigenvalue weighted by Gasteiger charge is -2.30. The first kappa shape index (κ1) is 10.8. The third kappa shape index (κ3) is 1.95. The van der Waals surface area contributed by atoms with Crippen LogP contribution in [0.4, 0.5) is 0 Å². The first-order chi connectivity index (χ1) is 8.38. The van der Waals surface area contributed by atoms with Crippen LogP contribution in [0.1, 0.15) is 35.6 Å². The van der Waals surface area contributed by atoms with Gasteiger partial charge >= 0.3 is 0 Å². The van der Waals surface area contributed by atoms with E-state index in [9.17, 15) is 0 Å². The van der Waals surface area contributed by atoms with Gasteiger partial charge in [-0.25, -0.2) is 0 Å². The molecule has 2 heterocycles. The molecule has 1 aromatic rings. The van der Waals surface area contributed by atoms with Crippen LogP contribution in [0.25, 0.3) is 0 Å². The van der Waals surface area contributed by atoms with E-state index in [0.717, 1.165) is 25.1 Å². The number of rotatable bonds is 1. The molecule has 17 heavy (non-hydrogen) atoms. The zero-order valence-corrected chi connectivity index (χ0v) is 9.78. The molecule has 0 spiro atoms. The van der Waals surface area contributed by atoms with Gasteiger partial charge in [0.05, 0.1) is 24.3 Å². The van der Waals surface area contributed by atoms with E-state index in [1.807, 2.05) is 12.1 Å². The third-order valence-electron chi connectivity index (χ3n) is 3.71. The first-order valence-corrected chi connectivity index (χ1v) is 6.26. The topological polar surface area (TPSA) is 45.0 Å². The Kier molecular flexibility index (Phi) is 2.84. The molecule has 3 nitrogen and oxygen atoms in total. The maximum absolute atomic E-state index is 8.98. The zero-order valence-electron chi connectivity index (χ0n) is 9.78. The summed E-state index contributed by atoms with van der Waals surface area (Å²) in [7, 11) is 0. The van der Waals surface area contributed by atoms with Crippen LogP contribution in [0.5, 0.6) is 0 Å². The third-order valence-corrected chi connectivity index (χ3v) is 3.71. The van der Waals surface area contributed by atoms with E-state index in [4.69, 9.17) is 10.00 Å². The van der Waals surface area contributed by atoms with E-state index in [2.05, 4.69) is 17.5 Å². The van der Waals surface area contributed by atoms with Gasteiger partial charge in [0.15, 0.2) is 0 Å². The lowest BCUT2D eigenvalue weighted by molar-refractivity contribution is 0.0199. The fourth-order valence-corrected chi connectivity index (χ4v) is 2.85. The van der Waals surface area contributed by atoms with Crippen molar-refractivity contribution in [1.29, 1.82) is 5.26 Å². The average molecular weight is 228 g/mol. The fourth-order valence-electron chi connectivity index (χ4n) is 2.85. The van der Waals surface area contributed by atoms with Crippen molar-refractivity contribution in [2.45, 2.75) is 31.4 Å². The van der Waals surface area contributed by atoms with Crippen LogP contribution >= 0.6 is 0 Å². The number of fused-ring (bicyclic) bond motifs is 1.